The first-order chi connectivity index (χ1) is 8.00. The molecule has 2 rings (SSSR count). The predicted octanol–water partition coefficient (Wildman–Crippen LogP) is 1.24. The Balaban J connectivity index is 2.01. The molecule has 1 fully saturated rings. The summed E-state index contributed by atoms with van der Waals surface area (Å²) in [6.45, 7) is 3.86. The van der Waals surface area contributed by atoms with Crippen molar-refractivity contribution in [2.75, 3.05) is 6.54 Å². The maximum Gasteiger partial charge on any atom is 0.256 e. The molecule has 2 amide bonds. The standard InChI is InChI=1S/C13H19NO3/c1-8-9(2)13(17)14(12(8)16)7-10-4-3-5-11(15)6-10/h10-11,15H,3-7H2,1-2H3. The first kappa shape index (κ1) is 12.3. The average molecular weight is 237 g/mol. The Morgan fingerprint density at radius 2 is 1.76 bits per heavy atom. The number of aliphatic hydroxyl groups excluding tert-OH is 1. The summed E-state index contributed by atoms with van der Waals surface area (Å²) in [4.78, 5) is 25.1. The van der Waals surface area contributed by atoms with E-state index in [9.17, 15) is 14.7 Å². The van der Waals surface area contributed by atoms with E-state index in [-0.39, 0.29) is 23.8 Å². The predicted molar refractivity (Wildman–Crippen MR) is 63.1 cm³/mol. The van der Waals surface area contributed by atoms with Crippen LogP contribution in [0, 0.1) is 5.92 Å². The van der Waals surface area contributed by atoms with Gasteiger partial charge >= 0.3 is 0 Å². The van der Waals surface area contributed by atoms with Crippen LogP contribution >= 0.6 is 0 Å². The van der Waals surface area contributed by atoms with Gasteiger partial charge in [-0.2, -0.15) is 0 Å². The van der Waals surface area contributed by atoms with Crippen molar-refractivity contribution in [3.8, 4) is 0 Å². The van der Waals surface area contributed by atoms with Gasteiger partial charge in [0.2, 0.25) is 0 Å². The molecular weight excluding hydrogens is 218 g/mol. The average Bonchev–Trinajstić information content (AvgIpc) is 2.47. The minimum atomic E-state index is -0.267. The van der Waals surface area contributed by atoms with E-state index in [2.05, 4.69) is 0 Å². The van der Waals surface area contributed by atoms with E-state index >= 15 is 0 Å². The molecule has 17 heavy (non-hydrogen) atoms. The molecule has 1 aliphatic heterocycles. The Labute approximate surface area is 101 Å². The van der Waals surface area contributed by atoms with Crippen LogP contribution < -0.4 is 0 Å². The lowest BCUT2D eigenvalue weighted by molar-refractivity contribution is -0.138. The molecule has 0 radical (unpaired) electrons. The van der Waals surface area contributed by atoms with Crippen molar-refractivity contribution in [1.29, 1.82) is 0 Å². The second kappa shape index (κ2) is 4.61. The Morgan fingerprint density at radius 3 is 2.29 bits per heavy atom. The van der Waals surface area contributed by atoms with Crippen molar-refractivity contribution >= 4 is 11.8 Å². The van der Waals surface area contributed by atoms with Crippen molar-refractivity contribution in [3.63, 3.8) is 0 Å². The van der Waals surface area contributed by atoms with Gasteiger partial charge < -0.3 is 5.11 Å². The minimum Gasteiger partial charge on any atom is -0.393 e. The fourth-order valence-electron chi connectivity index (χ4n) is 2.67. The molecule has 0 aromatic carbocycles. The summed E-state index contributed by atoms with van der Waals surface area (Å²) < 4.78 is 0. The first-order valence-electron chi connectivity index (χ1n) is 6.22. The second-order valence-corrected chi connectivity index (χ2v) is 5.16. The number of amides is 2. The monoisotopic (exact) mass is 237 g/mol. The van der Waals surface area contributed by atoms with Gasteiger partial charge in [0.25, 0.3) is 11.8 Å². The Hall–Kier alpha value is -1.16. The van der Waals surface area contributed by atoms with Crippen LogP contribution in [-0.4, -0.2) is 34.5 Å². The highest BCUT2D eigenvalue weighted by Crippen LogP contribution is 2.28. The molecule has 94 valence electrons. The summed E-state index contributed by atoms with van der Waals surface area (Å²) in [6.07, 6.45) is 3.25. The molecule has 1 N–H and O–H groups in total. The molecule has 2 unspecified atom stereocenters. The molecule has 0 saturated heterocycles. The van der Waals surface area contributed by atoms with Gasteiger partial charge in [0, 0.05) is 17.7 Å². The van der Waals surface area contributed by atoms with E-state index in [1.165, 1.54) is 4.90 Å². The molecule has 4 nitrogen and oxygen atoms in total. The van der Waals surface area contributed by atoms with Gasteiger partial charge in [0.05, 0.1) is 6.10 Å². The van der Waals surface area contributed by atoms with Crippen LogP contribution in [0.5, 0.6) is 0 Å². The Morgan fingerprint density at radius 1 is 1.18 bits per heavy atom. The molecule has 2 aliphatic rings. The van der Waals surface area contributed by atoms with Crippen molar-refractivity contribution in [2.24, 2.45) is 5.92 Å². The maximum atomic E-state index is 11.9. The number of carbonyl (C=O) groups excluding carboxylic acids is 2. The zero-order valence-corrected chi connectivity index (χ0v) is 10.4. The lowest BCUT2D eigenvalue weighted by Crippen LogP contribution is -2.38. The van der Waals surface area contributed by atoms with E-state index in [0.29, 0.717) is 24.1 Å². The smallest absolute Gasteiger partial charge is 0.256 e. The fourth-order valence-corrected chi connectivity index (χ4v) is 2.67. The second-order valence-electron chi connectivity index (χ2n) is 5.16. The summed E-state index contributed by atoms with van der Waals surface area (Å²) >= 11 is 0. The van der Waals surface area contributed by atoms with Crippen molar-refractivity contribution in [3.05, 3.63) is 11.1 Å². The SMILES string of the molecule is CC1=C(C)C(=O)N(CC2CCCC(O)C2)C1=O. The van der Waals surface area contributed by atoms with Gasteiger partial charge in [-0.3, -0.25) is 14.5 Å². The molecule has 2 atom stereocenters. The number of imide groups is 1. The summed E-state index contributed by atoms with van der Waals surface area (Å²) in [5.74, 6) is -0.0644. The van der Waals surface area contributed by atoms with Gasteiger partial charge in [-0.15, -0.1) is 0 Å². The highest BCUT2D eigenvalue weighted by molar-refractivity contribution is 6.18. The highest BCUT2D eigenvalue weighted by Gasteiger charge is 2.35. The zero-order valence-electron chi connectivity index (χ0n) is 10.4. The molecule has 0 bridgehead atoms. The number of rotatable bonds is 2. The number of hydrogen-bond acceptors (Lipinski definition) is 3. The largest absolute Gasteiger partial charge is 0.393 e. The third-order valence-electron chi connectivity index (χ3n) is 3.89. The Bertz CT molecular complexity index is 362. The van der Waals surface area contributed by atoms with E-state index in [1.807, 2.05) is 0 Å². The third kappa shape index (κ3) is 2.27. The maximum absolute atomic E-state index is 11.9. The van der Waals surface area contributed by atoms with Crippen LogP contribution in [0.4, 0.5) is 0 Å². The molecule has 1 aliphatic carbocycles. The quantitative estimate of drug-likeness (QED) is 0.735. The van der Waals surface area contributed by atoms with E-state index in [1.54, 1.807) is 13.8 Å². The van der Waals surface area contributed by atoms with Crippen LogP contribution in [0.3, 0.4) is 0 Å². The highest BCUT2D eigenvalue weighted by atomic mass is 16.3. The first-order valence-corrected chi connectivity index (χ1v) is 6.22. The van der Waals surface area contributed by atoms with Crippen molar-refractivity contribution in [2.45, 2.75) is 45.6 Å². The van der Waals surface area contributed by atoms with E-state index in [4.69, 9.17) is 0 Å². The number of nitrogens with zero attached hydrogens (tertiary/aromatic N) is 1. The van der Waals surface area contributed by atoms with Gasteiger partial charge in [-0.1, -0.05) is 6.42 Å². The number of hydrogen-bond donors (Lipinski definition) is 1. The zero-order chi connectivity index (χ0) is 12.6. The molecule has 4 heteroatoms. The van der Waals surface area contributed by atoms with Gasteiger partial charge in [0.1, 0.15) is 0 Å². The molecular formula is C13H19NO3. The summed E-state index contributed by atoms with van der Waals surface area (Å²) in [7, 11) is 0. The van der Waals surface area contributed by atoms with E-state index in [0.717, 1.165) is 19.3 Å². The lowest BCUT2D eigenvalue weighted by atomic mass is 9.87. The van der Waals surface area contributed by atoms with Gasteiger partial charge in [-0.05, 0) is 39.0 Å². The third-order valence-corrected chi connectivity index (χ3v) is 3.89. The van der Waals surface area contributed by atoms with Crippen molar-refractivity contribution < 1.29 is 14.7 Å². The molecule has 1 heterocycles. The summed E-state index contributed by atoms with van der Waals surface area (Å²) in [5.41, 5.74) is 1.12. The van der Waals surface area contributed by atoms with Gasteiger partial charge in [-0.25, -0.2) is 0 Å². The summed E-state index contributed by atoms with van der Waals surface area (Å²) in [6, 6.07) is 0. The normalized spacial score (nSPS) is 30.4. The fraction of sp³-hybridized carbons (Fsp3) is 0.692. The molecule has 0 aromatic heterocycles. The lowest BCUT2D eigenvalue weighted by Gasteiger charge is -2.28. The number of carbonyl (C=O) groups is 2. The Kier molecular flexibility index (Phi) is 3.33. The number of aliphatic hydroxyl groups is 1. The topological polar surface area (TPSA) is 57.6 Å². The van der Waals surface area contributed by atoms with Crippen LogP contribution in [0.15, 0.2) is 11.1 Å². The van der Waals surface area contributed by atoms with Crippen LogP contribution in [0.2, 0.25) is 0 Å². The van der Waals surface area contributed by atoms with Crippen molar-refractivity contribution in [1.82, 2.24) is 4.90 Å². The van der Waals surface area contributed by atoms with Crippen LogP contribution in [0.25, 0.3) is 0 Å². The van der Waals surface area contributed by atoms with E-state index < -0.39 is 0 Å². The van der Waals surface area contributed by atoms with Crippen LogP contribution in [0.1, 0.15) is 39.5 Å². The summed E-state index contributed by atoms with van der Waals surface area (Å²) in [5, 5.41) is 9.59. The molecule has 1 saturated carbocycles. The minimum absolute atomic E-state index is 0.160. The molecule has 0 spiro atoms. The van der Waals surface area contributed by atoms with Gasteiger partial charge in [0.15, 0.2) is 0 Å². The van der Waals surface area contributed by atoms with Crippen LogP contribution in [-0.2, 0) is 9.59 Å². The molecule has 0 aromatic rings.